The molecule has 3 aromatic heterocycles. The minimum Gasteiger partial charge on any atom is -0.464 e. The first kappa shape index (κ1) is 17.9. The highest BCUT2D eigenvalue weighted by atomic mass is 32.1. The Morgan fingerprint density at radius 3 is 2.88 bits per heavy atom. The fourth-order valence-electron chi connectivity index (χ4n) is 2.51. The summed E-state index contributed by atoms with van der Waals surface area (Å²) in [4.78, 5) is 30.9. The van der Waals surface area contributed by atoms with Gasteiger partial charge in [-0.05, 0) is 26.3 Å². The predicted molar refractivity (Wildman–Crippen MR) is 96.2 cm³/mol. The number of thiazole rings is 1. The van der Waals surface area contributed by atoms with Crippen molar-refractivity contribution in [1.82, 2.24) is 15.1 Å². The van der Waals surface area contributed by atoms with Crippen LogP contribution in [0.5, 0.6) is 0 Å². The molecule has 0 saturated carbocycles. The summed E-state index contributed by atoms with van der Waals surface area (Å²) in [6.45, 7) is 3.69. The maximum absolute atomic E-state index is 12.1. The molecule has 0 spiro atoms. The molecule has 1 amide bonds. The molecule has 2 N–H and O–H groups in total. The predicted octanol–water partition coefficient (Wildman–Crippen LogP) is 3.10. The van der Waals surface area contributed by atoms with Crippen LogP contribution in [0.15, 0.2) is 22.2 Å². The maximum Gasteiger partial charge on any atom is 0.354 e. The van der Waals surface area contributed by atoms with Crippen LogP contribution in [-0.2, 0) is 16.0 Å². The van der Waals surface area contributed by atoms with E-state index in [1.54, 1.807) is 12.3 Å². The molecule has 0 radical (unpaired) electrons. The van der Waals surface area contributed by atoms with Crippen molar-refractivity contribution in [1.29, 1.82) is 0 Å². The fraction of sp³-hybridized carbons (Fsp3) is 0.294. The van der Waals surface area contributed by atoms with Crippen molar-refractivity contribution in [3.05, 3.63) is 40.4 Å². The van der Waals surface area contributed by atoms with Crippen molar-refractivity contribution in [2.75, 3.05) is 12.4 Å². The normalized spacial score (nSPS) is 10.7. The SMILES string of the molecule is COC(=O)c1cc(-c2csc(NC(=O)CCc3c(C)noc3C)n2)c[nH]1. The van der Waals surface area contributed by atoms with Crippen LogP contribution in [0, 0.1) is 13.8 Å². The van der Waals surface area contributed by atoms with Gasteiger partial charge in [0.25, 0.3) is 0 Å². The van der Waals surface area contributed by atoms with E-state index in [0.29, 0.717) is 29.4 Å². The number of methoxy groups -OCH3 is 1. The number of ether oxygens (including phenoxy) is 1. The molecule has 0 aliphatic carbocycles. The van der Waals surface area contributed by atoms with Gasteiger partial charge >= 0.3 is 5.97 Å². The molecule has 3 aromatic rings. The van der Waals surface area contributed by atoms with E-state index in [9.17, 15) is 9.59 Å². The number of aryl methyl sites for hydroxylation is 2. The monoisotopic (exact) mass is 374 g/mol. The lowest BCUT2D eigenvalue weighted by Crippen LogP contribution is -2.12. The maximum atomic E-state index is 12.1. The largest absolute Gasteiger partial charge is 0.464 e. The van der Waals surface area contributed by atoms with Crippen molar-refractivity contribution >= 4 is 28.3 Å². The van der Waals surface area contributed by atoms with Crippen LogP contribution < -0.4 is 5.32 Å². The fourth-order valence-corrected chi connectivity index (χ4v) is 3.25. The molecule has 0 aromatic carbocycles. The smallest absolute Gasteiger partial charge is 0.354 e. The first-order valence-electron chi connectivity index (χ1n) is 7.92. The number of aromatic nitrogens is 3. The van der Waals surface area contributed by atoms with Gasteiger partial charge in [0.05, 0.1) is 18.5 Å². The summed E-state index contributed by atoms with van der Waals surface area (Å²) < 4.78 is 9.76. The van der Waals surface area contributed by atoms with E-state index < -0.39 is 5.97 Å². The number of esters is 1. The molecule has 3 heterocycles. The Kier molecular flexibility index (Phi) is 5.17. The summed E-state index contributed by atoms with van der Waals surface area (Å²) >= 11 is 1.32. The van der Waals surface area contributed by atoms with E-state index in [-0.39, 0.29) is 5.91 Å². The van der Waals surface area contributed by atoms with Crippen LogP contribution in [0.4, 0.5) is 5.13 Å². The first-order chi connectivity index (χ1) is 12.5. The summed E-state index contributed by atoms with van der Waals surface area (Å²) in [5.41, 5.74) is 3.53. The standard InChI is InChI=1S/C17H18N4O4S/c1-9-12(10(2)25-21-9)4-5-15(22)20-17-19-14(8-26-17)11-6-13(18-7-11)16(23)24-3/h6-8,18H,4-5H2,1-3H3,(H,19,20,22). The van der Waals surface area contributed by atoms with Crippen molar-refractivity contribution in [2.45, 2.75) is 26.7 Å². The minimum atomic E-state index is -0.445. The van der Waals surface area contributed by atoms with E-state index in [4.69, 9.17) is 4.52 Å². The van der Waals surface area contributed by atoms with Crippen molar-refractivity contribution in [3.8, 4) is 11.3 Å². The Morgan fingerprint density at radius 1 is 1.38 bits per heavy atom. The topological polar surface area (TPSA) is 110 Å². The third-order valence-corrected chi connectivity index (χ3v) is 4.68. The molecule has 0 atom stereocenters. The number of carbonyl (C=O) groups excluding carboxylic acids is 2. The molecule has 8 nitrogen and oxygen atoms in total. The Balaban J connectivity index is 1.60. The van der Waals surface area contributed by atoms with E-state index in [1.807, 2.05) is 19.2 Å². The Morgan fingerprint density at radius 2 is 2.19 bits per heavy atom. The molecule has 136 valence electrons. The second kappa shape index (κ2) is 7.52. The number of amides is 1. The number of aromatic amines is 1. The van der Waals surface area contributed by atoms with Gasteiger partial charge in [0.15, 0.2) is 5.13 Å². The van der Waals surface area contributed by atoms with Gasteiger partial charge in [-0.25, -0.2) is 9.78 Å². The lowest BCUT2D eigenvalue weighted by atomic mass is 10.1. The second-order valence-electron chi connectivity index (χ2n) is 5.68. The van der Waals surface area contributed by atoms with Crippen LogP contribution in [0.3, 0.4) is 0 Å². The van der Waals surface area contributed by atoms with Gasteiger partial charge in [-0.2, -0.15) is 0 Å². The van der Waals surface area contributed by atoms with E-state index >= 15 is 0 Å². The van der Waals surface area contributed by atoms with Gasteiger partial charge < -0.3 is 19.6 Å². The highest BCUT2D eigenvalue weighted by Crippen LogP contribution is 2.26. The van der Waals surface area contributed by atoms with Crippen molar-refractivity contribution in [2.24, 2.45) is 0 Å². The molecule has 3 rings (SSSR count). The molecule has 0 saturated heterocycles. The number of rotatable bonds is 6. The van der Waals surface area contributed by atoms with E-state index in [2.05, 4.69) is 25.2 Å². The van der Waals surface area contributed by atoms with Gasteiger partial charge in [-0.1, -0.05) is 5.16 Å². The summed E-state index contributed by atoms with van der Waals surface area (Å²) in [7, 11) is 1.32. The average Bonchev–Trinajstić information content (AvgIpc) is 3.34. The third kappa shape index (κ3) is 3.83. The molecule has 0 aliphatic rings. The first-order valence-corrected chi connectivity index (χ1v) is 8.80. The summed E-state index contributed by atoms with van der Waals surface area (Å²) in [6.07, 6.45) is 2.55. The van der Waals surface area contributed by atoms with Gasteiger partial charge in [0.1, 0.15) is 11.5 Å². The van der Waals surface area contributed by atoms with Crippen LogP contribution in [-0.4, -0.2) is 34.1 Å². The number of H-pyrrole nitrogens is 1. The van der Waals surface area contributed by atoms with Crippen molar-refractivity contribution in [3.63, 3.8) is 0 Å². The number of nitrogens with one attached hydrogen (secondary N) is 2. The van der Waals surface area contributed by atoms with Crippen molar-refractivity contribution < 1.29 is 18.8 Å². The zero-order chi connectivity index (χ0) is 18.7. The highest BCUT2D eigenvalue weighted by molar-refractivity contribution is 7.14. The molecule has 9 heteroatoms. The Labute approximate surface area is 153 Å². The summed E-state index contributed by atoms with van der Waals surface area (Å²) in [5.74, 6) is 0.162. The molecule has 0 aliphatic heterocycles. The molecular formula is C17H18N4O4S. The Bertz CT molecular complexity index is 921. The van der Waals surface area contributed by atoms with Crippen LogP contribution in [0.25, 0.3) is 11.3 Å². The molecular weight excluding hydrogens is 356 g/mol. The Hall–Kier alpha value is -2.94. The zero-order valence-corrected chi connectivity index (χ0v) is 15.4. The van der Waals surface area contributed by atoms with E-state index in [0.717, 1.165) is 22.6 Å². The summed E-state index contributed by atoms with van der Waals surface area (Å²) in [5, 5.41) is 8.99. The zero-order valence-electron chi connectivity index (χ0n) is 14.6. The summed E-state index contributed by atoms with van der Waals surface area (Å²) in [6, 6.07) is 1.66. The van der Waals surface area contributed by atoms with Gasteiger partial charge in [-0.15, -0.1) is 11.3 Å². The van der Waals surface area contributed by atoms with Crippen LogP contribution in [0.2, 0.25) is 0 Å². The lowest BCUT2D eigenvalue weighted by Gasteiger charge is -2.01. The molecule has 0 fully saturated rings. The van der Waals surface area contributed by atoms with Gasteiger partial charge in [0, 0.05) is 29.1 Å². The lowest BCUT2D eigenvalue weighted by molar-refractivity contribution is -0.116. The van der Waals surface area contributed by atoms with Gasteiger partial charge in [-0.3, -0.25) is 4.79 Å². The number of anilines is 1. The molecule has 26 heavy (non-hydrogen) atoms. The number of nitrogens with zero attached hydrogens (tertiary/aromatic N) is 2. The molecule has 0 bridgehead atoms. The number of carbonyl (C=O) groups is 2. The molecule has 0 unspecified atom stereocenters. The number of hydrogen-bond acceptors (Lipinski definition) is 7. The van der Waals surface area contributed by atoms with Crippen LogP contribution in [0.1, 0.15) is 33.9 Å². The van der Waals surface area contributed by atoms with Gasteiger partial charge in [0.2, 0.25) is 5.91 Å². The van der Waals surface area contributed by atoms with E-state index in [1.165, 1.54) is 18.4 Å². The van der Waals surface area contributed by atoms with Crippen LogP contribution >= 0.6 is 11.3 Å². The highest BCUT2D eigenvalue weighted by Gasteiger charge is 2.14. The minimum absolute atomic E-state index is 0.129. The average molecular weight is 374 g/mol. The second-order valence-corrected chi connectivity index (χ2v) is 6.54. The third-order valence-electron chi connectivity index (χ3n) is 3.92. The number of hydrogen-bond donors (Lipinski definition) is 2. The quantitative estimate of drug-likeness (QED) is 0.642.